The van der Waals surface area contributed by atoms with Gasteiger partial charge in [0.2, 0.25) is 0 Å². The molecule has 4 N–H and O–H groups in total. The molecular formula is C19H17N3O3S2. The summed E-state index contributed by atoms with van der Waals surface area (Å²) in [6.45, 7) is 0.523. The van der Waals surface area contributed by atoms with Gasteiger partial charge in [0, 0.05) is 18.9 Å². The van der Waals surface area contributed by atoms with Crippen molar-refractivity contribution in [2.45, 2.75) is 6.54 Å². The Bertz CT molecular complexity index is 989. The van der Waals surface area contributed by atoms with Gasteiger partial charge >= 0.3 is 5.97 Å². The van der Waals surface area contributed by atoms with E-state index in [4.69, 9.17) is 29.5 Å². The maximum Gasteiger partial charge on any atom is 0.337 e. The number of carbonyl (C=O) groups excluding carboxylic acids is 1. The Morgan fingerprint density at radius 1 is 0.852 bits per heavy atom. The normalized spacial score (nSPS) is 9.63. The molecule has 0 aliphatic rings. The Labute approximate surface area is 165 Å². The van der Waals surface area contributed by atoms with Crippen LogP contribution in [0.25, 0.3) is 0 Å². The number of carboxylic acid groups (broad SMARTS) is 1. The number of benzene rings is 1. The maximum absolute atomic E-state index is 11.8. The number of aromatic carboxylic acids is 1. The molecule has 27 heavy (non-hydrogen) atoms. The molecule has 1 amide bonds. The number of amides is 1. The first-order valence-corrected chi connectivity index (χ1v) is 8.70. The van der Waals surface area contributed by atoms with E-state index in [0.717, 1.165) is 5.56 Å². The van der Waals surface area contributed by atoms with Crippen LogP contribution in [0.2, 0.25) is 0 Å². The van der Waals surface area contributed by atoms with Gasteiger partial charge in [0.1, 0.15) is 9.28 Å². The largest absolute Gasteiger partial charge is 0.478 e. The van der Waals surface area contributed by atoms with E-state index in [1.165, 1.54) is 12.3 Å². The van der Waals surface area contributed by atoms with Gasteiger partial charge in [-0.1, -0.05) is 54.8 Å². The molecule has 0 saturated carbocycles. The summed E-state index contributed by atoms with van der Waals surface area (Å²) in [6, 6.07) is 16.2. The highest BCUT2D eigenvalue weighted by Crippen LogP contribution is 2.00. The van der Waals surface area contributed by atoms with E-state index < -0.39 is 5.97 Å². The average molecular weight is 399 g/mol. The summed E-state index contributed by atoms with van der Waals surface area (Å²) in [7, 11) is 0. The van der Waals surface area contributed by atoms with E-state index in [-0.39, 0.29) is 11.5 Å². The van der Waals surface area contributed by atoms with Gasteiger partial charge in [-0.25, -0.2) is 4.79 Å². The molecule has 0 atom stereocenters. The quantitative estimate of drug-likeness (QED) is 0.495. The van der Waals surface area contributed by atoms with Gasteiger partial charge in [0.15, 0.2) is 0 Å². The number of nitrogens with one attached hydrogen (secondary N) is 3. The molecule has 3 aromatic rings. The summed E-state index contributed by atoms with van der Waals surface area (Å²) in [5.74, 6) is -1.06. The van der Waals surface area contributed by atoms with Crippen molar-refractivity contribution < 1.29 is 14.7 Å². The van der Waals surface area contributed by atoms with Gasteiger partial charge in [-0.2, -0.15) is 0 Å². The molecule has 1 aromatic carbocycles. The predicted molar refractivity (Wildman–Crippen MR) is 108 cm³/mol. The van der Waals surface area contributed by atoms with Crippen molar-refractivity contribution >= 4 is 36.3 Å². The molecule has 0 spiro atoms. The zero-order valence-electron chi connectivity index (χ0n) is 14.1. The van der Waals surface area contributed by atoms with Crippen molar-refractivity contribution in [1.29, 1.82) is 0 Å². The number of rotatable bonds is 4. The fourth-order valence-corrected chi connectivity index (χ4v) is 2.23. The minimum Gasteiger partial charge on any atom is -0.478 e. The van der Waals surface area contributed by atoms with Gasteiger partial charge < -0.3 is 20.4 Å². The summed E-state index contributed by atoms with van der Waals surface area (Å²) >= 11 is 9.62. The van der Waals surface area contributed by atoms with Crippen molar-refractivity contribution in [2.75, 3.05) is 0 Å². The van der Waals surface area contributed by atoms with Crippen LogP contribution < -0.4 is 5.32 Å². The molecule has 3 rings (SSSR count). The Morgan fingerprint density at radius 2 is 1.41 bits per heavy atom. The van der Waals surface area contributed by atoms with Gasteiger partial charge in [-0.15, -0.1) is 0 Å². The van der Waals surface area contributed by atoms with Crippen molar-refractivity contribution in [3.63, 3.8) is 0 Å². The SMILES string of the molecule is O=C(NCc1ccccc1)c1ccc(=S)[nH]c1.O=C(O)c1ccc(=S)[nH]c1. The summed E-state index contributed by atoms with van der Waals surface area (Å²) in [5.41, 5.74) is 1.87. The number of H-pyrrole nitrogens is 2. The lowest BCUT2D eigenvalue weighted by atomic mass is 10.2. The monoisotopic (exact) mass is 399 g/mol. The lowest BCUT2D eigenvalue weighted by molar-refractivity contribution is 0.0696. The van der Waals surface area contributed by atoms with Gasteiger partial charge in [0.25, 0.3) is 5.91 Å². The van der Waals surface area contributed by atoms with E-state index in [1.54, 1.807) is 24.4 Å². The molecular weight excluding hydrogens is 382 g/mol. The lowest BCUT2D eigenvalue weighted by Gasteiger charge is -2.04. The molecule has 6 nitrogen and oxygen atoms in total. The van der Waals surface area contributed by atoms with Crippen LogP contribution in [-0.2, 0) is 6.54 Å². The van der Waals surface area contributed by atoms with Crippen molar-refractivity contribution in [2.24, 2.45) is 0 Å². The average Bonchev–Trinajstić information content (AvgIpc) is 2.68. The maximum atomic E-state index is 11.8. The number of hydrogen-bond acceptors (Lipinski definition) is 4. The Balaban J connectivity index is 0.000000223. The van der Waals surface area contributed by atoms with Gasteiger partial charge in [-0.05, 0) is 29.8 Å². The molecule has 0 aliphatic heterocycles. The van der Waals surface area contributed by atoms with Gasteiger partial charge in [-0.3, -0.25) is 4.79 Å². The second kappa shape index (κ2) is 10.1. The first-order chi connectivity index (χ1) is 13.0. The molecule has 2 heterocycles. The third kappa shape index (κ3) is 6.96. The highest BCUT2D eigenvalue weighted by atomic mass is 32.1. The van der Waals surface area contributed by atoms with Crippen molar-refractivity contribution in [1.82, 2.24) is 15.3 Å². The third-order valence-corrected chi connectivity index (χ3v) is 3.88. The van der Waals surface area contributed by atoms with Crippen LogP contribution in [0.5, 0.6) is 0 Å². The fraction of sp³-hybridized carbons (Fsp3) is 0.0526. The number of aromatic nitrogens is 2. The van der Waals surface area contributed by atoms with E-state index in [2.05, 4.69) is 15.3 Å². The summed E-state index contributed by atoms with van der Waals surface area (Å²) in [5, 5.41) is 11.3. The van der Waals surface area contributed by atoms with E-state index in [0.29, 0.717) is 21.4 Å². The van der Waals surface area contributed by atoms with E-state index in [1.807, 2.05) is 30.3 Å². The minimum atomic E-state index is -0.953. The standard InChI is InChI=1S/C13H12N2OS.C6H5NO2S/c16-13(11-6-7-12(17)14-9-11)15-8-10-4-2-1-3-5-10;8-6(9)4-1-2-5(10)7-3-4/h1-7,9H,8H2,(H,14,17)(H,15,16);1-3H,(H,7,10)(H,8,9). The van der Waals surface area contributed by atoms with Crippen LogP contribution in [0.4, 0.5) is 0 Å². The van der Waals surface area contributed by atoms with Crippen LogP contribution in [0.1, 0.15) is 26.3 Å². The molecule has 0 radical (unpaired) electrons. The molecule has 0 unspecified atom stereocenters. The number of aromatic amines is 2. The van der Waals surface area contributed by atoms with Gasteiger partial charge in [0.05, 0.1) is 11.1 Å². The van der Waals surface area contributed by atoms with Crippen LogP contribution >= 0.6 is 24.4 Å². The molecule has 8 heteroatoms. The molecule has 0 saturated heterocycles. The van der Waals surface area contributed by atoms with Crippen LogP contribution in [0.15, 0.2) is 67.0 Å². The minimum absolute atomic E-state index is 0.111. The lowest BCUT2D eigenvalue weighted by Crippen LogP contribution is -2.22. The van der Waals surface area contributed by atoms with Crippen molar-refractivity contribution in [3.05, 3.63) is 93.0 Å². The molecule has 138 valence electrons. The number of pyridine rings is 2. The number of hydrogen-bond donors (Lipinski definition) is 4. The summed E-state index contributed by atoms with van der Waals surface area (Å²) in [4.78, 5) is 27.5. The zero-order chi connectivity index (χ0) is 19.6. The Morgan fingerprint density at radius 3 is 1.89 bits per heavy atom. The number of carboxylic acids is 1. The Hall–Kier alpha value is -3.10. The highest BCUT2D eigenvalue weighted by molar-refractivity contribution is 7.71. The fourth-order valence-electron chi connectivity index (χ4n) is 1.98. The summed E-state index contributed by atoms with van der Waals surface area (Å²) < 4.78 is 1.15. The second-order valence-electron chi connectivity index (χ2n) is 5.36. The molecule has 2 aromatic heterocycles. The molecule has 0 aliphatic carbocycles. The number of carbonyl (C=O) groups is 2. The Kier molecular flexibility index (Phi) is 7.60. The van der Waals surface area contributed by atoms with Crippen molar-refractivity contribution in [3.8, 4) is 0 Å². The highest BCUT2D eigenvalue weighted by Gasteiger charge is 2.03. The first kappa shape index (κ1) is 20.2. The van der Waals surface area contributed by atoms with E-state index >= 15 is 0 Å². The smallest absolute Gasteiger partial charge is 0.337 e. The molecule has 0 bridgehead atoms. The third-order valence-electron chi connectivity index (χ3n) is 3.37. The van der Waals surface area contributed by atoms with Crippen LogP contribution in [0.3, 0.4) is 0 Å². The summed E-state index contributed by atoms with van der Waals surface area (Å²) in [6.07, 6.45) is 2.98. The van der Waals surface area contributed by atoms with E-state index in [9.17, 15) is 9.59 Å². The molecule has 0 fully saturated rings. The predicted octanol–water partition coefficient (Wildman–Crippen LogP) is 4.12. The zero-order valence-corrected chi connectivity index (χ0v) is 15.8. The van der Waals surface area contributed by atoms with Crippen LogP contribution in [-0.4, -0.2) is 27.0 Å². The first-order valence-electron chi connectivity index (χ1n) is 7.88. The van der Waals surface area contributed by atoms with Crippen LogP contribution in [0, 0.1) is 9.28 Å². The second-order valence-corrected chi connectivity index (χ2v) is 6.24. The topological polar surface area (TPSA) is 98.0 Å².